The lowest BCUT2D eigenvalue weighted by atomic mass is 10.1. The third-order valence-corrected chi connectivity index (χ3v) is 3.89. The molecule has 0 atom stereocenters. The predicted molar refractivity (Wildman–Crippen MR) is 91.7 cm³/mol. The fourth-order valence-corrected chi connectivity index (χ4v) is 2.82. The maximum absolute atomic E-state index is 12.6. The summed E-state index contributed by atoms with van der Waals surface area (Å²) >= 11 is 12.0. The monoisotopic (exact) mass is 363 g/mol. The molecular formula is C15H11Cl2N5O2. The maximum Gasteiger partial charge on any atom is 0.276 e. The molecule has 0 radical (unpaired) electrons. The van der Waals surface area contributed by atoms with Crippen LogP contribution in [0.25, 0.3) is 10.8 Å². The molecule has 2 aromatic heterocycles. The first kappa shape index (κ1) is 16.4. The van der Waals surface area contributed by atoms with Gasteiger partial charge in [-0.15, -0.1) is 0 Å². The topological polar surface area (TPSA) is 89.8 Å². The minimum Gasteiger partial charge on any atom is -0.315 e. The van der Waals surface area contributed by atoms with Gasteiger partial charge in [0.05, 0.1) is 5.39 Å². The SMILES string of the molecule is Cc1nc(Cl)c(NC(=O)c2nn(C)c(=O)c3ccccc23)c(Cl)n1. The number of aryl methyl sites for hydroxylation is 2. The van der Waals surface area contributed by atoms with Gasteiger partial charge in [0.15, 0.2) is 16.0 Å². The molecule has 0 bridgehead atoms. The smallest absolute Gasteiger partial charge is 0.276 e. The Labute approximate surface area is 146 Å². The zero-order valence-corrected chi connectivity index (χ0v) is 14.2. The Morgan fingerprint density at radius 1 is 1.12 bits per heavy atom. The van der Waals surface area contributed by atoms with Crippen LogP contribution in [-0.4, -0.2) is 25.7 Å². The van der Waals surface area contributed by atoms with Crippen LogP contribution in [0.4, 0.5) is 5.69 Å². The quantitative estimate of drug-likeness (QED) is 0.706. The summed E-state index contributed by atoms with van der Waals surface area (Å²) in [5.41, 5.74) is -0.133. The van der Waals surface area contributed by atoms with Crippen LogP contribution in [0.3, 0.4) is 0 Å². The lowest BCUT2D eigenvalue weighted by Crippen LogP contribution is -2.25. The standard InChI is InChI=1S/C15H11Cl2N5O2/c1-7-18-12(16)11(13(17)19-7)20-14(23)10-8-5-3-4-6-9(8)15(24)22(2)21-10/h3-6H,1-2H3,(H,20,23). The minimum atomic E-state index is -0.571. The summed E-state index contributed by atoms with van der Waals surface area (Å²) in [6, 6.07) is 6.71. The van der Waals surface area contributed by atoms with E-state index in [4.69, 9.17) is 23.2 Å². The Hall–Kier alpha value is -2.51. The number of halogens is 2. The Morgan fingerprint density at radius 3 is 2.33 bits per heavy atom. The first-order valence-electron chi connectivity index (χ1n) is 6.85. The molecule has 7 nitrogen and oxygen atoms in total. The second-order valence-electron chi connectivity index (χ2n) is 5.00. The summed E-state index contributed by atoms with van der Waals surface area (Å²) in [5, 5.41) is 7.46. The van der Waals surface area contributed by atoms with E-state index in [2.05, 4.69) is 20.4 Å². The van der Waals surface area contributed by atoms with Gasteiger partial charge in [-0.1, -0.05) is 41.4 Å². The molecule has 9 heteroatoms. The molecule has 0 aliphatic heterocycles. The van der Waals surface area contributed by atoms with Gasteiger partial charge < -0.3 is 5.32 Å². The number of carbonyl (C=O) groups excluding carboxylic acids is 1. The van der Waals surface area contributed by atoms with Gasteiger partial charge in [-0.05, 0) is 13.0 Å². The third kappa shape index (κ3) is 2.83. The van der Waals surface area contributed by atoms with Gasteiger partial charge in [0.2, 0.25) is 0 Å². The Kier molecular flexibility index (Phi) is 4.21. The molecule has 1 N–H and O–H groups in total. The van der Waals surface area contributed by atoms with Crippen molar-refractivity contribution >= 4 is 45.6 Å². The minimum absolute atomic E-state index is 0.0231. The zero-order valence-electron chi connectivity index (χ0n) is 12.7. The second kappa shape index (κ2) is 6.18. The van der Waals surface area contributed by atoms with Crippen molar-refractivity contribution < 1.29 is 4.79 Å². The van der Waals surface area contributed by atoms with Crippen molar-refractivity contribution in [1.82, 2.24) is 19.7 Å². The van der Waals surface area contributed by atoms with Crippen LogP contribution in [0, 0.1) is 6.92 Å². The van der Waals surface area contributed by atoms with Crippen molar-refractivity contribution in [3.8, 4) is 0 Å². The molecule has 0 fully saturated rings. The average Bonchev–Trinajstić information content (AvgIpc) is 2.54. The van der Waals surface area contributed by atoms with E-state index in [1.54, 1.807) is 31.2 Å². The van der Waals surface area contributed by atoms with Crippen LogP contribution < -0.4 is 10.9 Å². The van der Waals surface area contributed by atoms with E-state index < -0.39 is 5.91 Å². The van der Waals surface area contributed by atoms with Crippen LogP contribution in [0.1, 0.15) is 16.3 Å². The van der Waals surface area contributed by atoms with Crippen molar-refractivity contribution in [1.29, 1.82) is 0 Å². The van der Waals surface area contributed by atoms with Crippen LogP contribution in [0.2, 0.25) is 10.3 Å². The summed E-state index contributed by atoms with van der Waals surface area (Å²) in [7, 11) is 1.47. The van der Waals surface area contributed by atoms with E-state index in [9.17, 15) is 9.59 Å². The molecule has 3 rings (SSSR count). The summed E-state index contributed by atoms with van der Waals surface area (Å²) in [5.74, 6) is -0.188. The average molecular weight is 364 g/mol. The van der Waals surface area contributed by atoms with E-state index in [-0.39, 0.29) is 27.2 Å². The first-order valence-corrected chi connectivity index (χ1v) is 7.61. The van der Waals surface area contributed by atoms with E-state index in [0.717, 1.165) is 4.68 Å². The van der Waals surface area contributed by atoms with Gasteiger partial charge in [0.1, 0.15) is 11.5 Å². The van der Waals surface area contributed by atoms with Crippen LogP contribution in [0.5, 0.6) is 0 Å². The number of carbonyl (C=O) groups is 1. The van der Waals surface area contributed by atoms with Crippen molar-refractivity contribution in [2.45, 2.75) is 6.92 Å². The molecule has 1 aromatic carbocycles. The largest absolute Gasteiger partial charge is 0.315 e. The van der Waals surface area contributed by atoms with Gasteiger partial charge >= 0.3 is 0 Å². The number of nitrogens with one attached hydrogen (secondary N) is 1. The maximum atomic E-state index is 12.6. The fraction of sp³-hybridized carbons (Fsp3) is 0.133. The molecule has 0 saturated carbocycles. The molecule has 0 saturated heterocycles. The second-order valence-corrected chi connectivity index (χ2v) is 5.72. The van der Waals surface area contributed by atoms with Gasteiger partial charge in [0.25, 0.3) is 11.5 Å². The fourth-order valence-electron chi connectivity index (χ4n) is 2.25. The van der Waals surface area contributed by atoms with Gasteiger partial charge in [0, 0.05) is 12.4 Å². The van der Waals surface area contributed by atoms with Crippen LogP contribution >= 0.6 is 23.2 Å². The van der Waals surface area contributed by atoms with E-state index >= 15 is 0 Å². The van der Waals surface area contributed by atoms with E-state index in [1.807, 2.05) is 0 Å². The van der Waals surface area contributed by atoms with E-state index in [1.165, 1.54) is 7.05 Å². The van der Waals surface area contributed by atoms with Crippen LogP contribution in [-0.2, 0) is 7.05 Å². The zero-order chi connectivity index (χ0) is 17.4. The lowest BCUT2D eigenvalue weighted by Gasteiger charge is -2.10. The molecule has 122 valence electrons. The molecule has 0 aliphatic rings. The highest BCUT2D eigenvalue weighted by atomic mass is 35.5. The molecule has 3 aromatic rings. The highest BCUT2D eigenvalue weighted by molar-refractivity contribution is 6.38. The summed E-state index contributed by atoms with van der Waals surface area (Å²) in [6.07, 6.45) is 0. The van der Waals surface area contributed by atoms with Crippen molar-refractivity contribution in [3.05, 3.63) is 56.4 Å². The molecule has 2 heterocycles. The summed E-state index contributed by atoms with van der Waals surface area (Å²) in [4.78, 5) is 32.6. The molecule has 0 aliphatic carbocycles. The number of aromatic nitrogens is 4. The van der Waals surface area contributed by atoms with Gasteiger partial charge in [-0.2, -0.15) is 5.10 Å². The number of hydrogen-bond donors (Lipinski definition) is 1. The molecule has 0 unspecified atom stereocenters. The number of fused-ring (bicyclic) bond motifs is 1. The summed E-state index contributed by atoms with van der Waals surface area (Å²) in [6.45, 7) is 1.63. The summed E-state index contributed by atoms with van der Waals surface area (Å²) < 4.78 is 1.10. The normalized spacial score (nSPS) is 10.8. The lowest BCUT2D eigenvalue weighted by molar-refractivity contribution is 0.102. The van der Waals surface area contributed by atoms with E-state index in [0.29, 0.717) is 16.6 Å². The highest BCUT2D eigenvalue weighted by Crippen LogP contribution is 2.27. The Balaban J connectivity index is 2.11. The van der Waals surface area contributed by atoms with Crippen molar-refractivity contribution in [3.63, 3.8) is 0 Å². The van der Waals surface area contributed by atoms with Crippen LogP contribution in [0.15, 0.2) is 29.1 Å². The number of nitrogens with zero attached hydrogens (tertiary/aromatic N) is 4. The number of amides is 1. The first-order chi connectivity index (χ1) is 11.4. The van der Waals surface area contributed by atoms with Gasteiger partial charge in [-0.25, -0.2) is 14.6 Å². The predicted octanol–water partition coefficient (Wildman–Crippen LogP) is 2.59. The third-order valence-electron chi connectivity index (χ3n) is 3.34. The Bertz CT molecular complexity index is 1010. The molecule has 1 amide bonds. The van der Waals surface area contributed by atoms with Gasteiger partial charge in [-0.3, -0.25) is 9.59 Å². The van der Waals surface area contributed by atoms with Crippen molar-refractivity contribution in [2.75, 3.05) is 5.32 Å². The number of anilines is 1. The molecule has 24 heavy (non-hydrogen) atoms. The van der Waals surface area contributed by atoms with Crippen molar-refractivity contribution in [2.24, 2.45) is 7.05 Å². The Morgan fingerprint density at radius 2 is 1.71 bits per heavy atom. The number of hydrogen-bond acceptors (Lipinski definition) is 5. The highest BCUT2D eigenvalue weighted by Gasteiger charge is 2.19. The molecular weight excluding hydrogens is 353 g/mol. The number of rotatable bonds is 2. The number of benzene rings is 1. The molecule has 0 spiro atoms.